The Morgan fingerprint density at radius 3 is 2.64 bits per heavy atom. The molecule has 2 heterocycles. The first-order chi connectivity index (χ1) is 10.5. The topological polar surface area (TPSA) is 71.2 Å². The van der Waals surface area contributed by atoms with Crippen LogP contribution in [0, 0.1) is 13.8 Å². The van der Waals surface area contributed by atoms with E-state index >= 15 is 0 Å². The molecule has 2 aromatic heterocycles. The van der Waals surface area contributed by atoms with Gasteiger partial charge in [0.05, 0.1) is 19.2 Å². The Morgan fingerprint density at radius 1 is 1.36 bits per heavy atom. The van der Waals surface area contributed by atoms with Crippen molar-refractivity contribution < 1.29 is 14.3 Å². The van der Waals surface area contributed by atoms with E-state index in [1.807, 2.05) is 25.3 Å². The number of aromatic amines is 1. The van der Waals surface area contributed by atoms with Crippen molar-refractivity contribution in [3.8, 4) is 0 Å². The Labute approximate surface area is 133 Å². The summed E-state index contributed by atoms with van der Waals surface area (Å²) < 4.78 is 4.80. The van der Waals surface area contributed by atoms with Crippen molar-refractivity contribution in [3.63, 3.8) is 0 Å². The van der Waals surface area contributed by atoms with Crippen LogP contribution in [0.25, 0.3) is 0 Å². The van der Waals surface area contributed by atoms with Crippen molar-refractivity contribution in [1.29, 1.82) is 0 Å². The van der Waals surface area contributed by atoms with Crippen molar-refractivity contribution in [1.82, 2.24) is 10.3 Å². The van der Waals surface area contributed by atoms with Gasteiger partial charge in [0.2, 0.25) is 0 Å². The molecule has 6 heteroatoms. The highest BCUT2D eigenvalue weighted by Gasteiger charge is 2.23. The zero-order chi connectivity index (χ0) is 16.3. The standard InChI is InChI=1S/C16H20N2O3S/c1-5-11-13(16(20)21-4)10(3)14(18-11)15(19)17-8-12-9(2)6-7-22-12/h6-7,18H,5,8H2,1-4H3,(H,17,19). The Morgan fingerprint density at radius 2 is 2.09 bits per heavy atom. The fourth-order valence-corrected chi connectivity index (χ4v) is 3.21. The molecule has 0 saturated heterocycles. The van der Waals surface area contributed by atoms with Gasteiger partial charge < -0.3 is 15.0 Å². The molecule has 0 unspecified atom stereocenters. The molecule has 0 spiro atoms. The molecule has 118 valence electrons. The van der Waals surface area contributed by atoms with E-state index in [0.29, 0.717) is 29.8 Å². The number of aromatic nitrogens is 1. The molecular formula is C16H20N2O3S. The SMILES string of the molecule is CCc1[nH]c(C(=O)NCc2sccc2C)c(C)c1C(=O)OC. The number of H-pyrrole nitrogens is 1. The predicted molar refractivity (Wildman–Crippen MR) is 86.5 cm³/mol. The monoisotopic (exact) mass is 320 g/mol. The van der Waals surface area contributed by atoms with E-state index in [4.69, 9.17) is 4.74 Å². The van der Waals surface area contributed by atoms with Gasteiger partial charge in [-0.25, -0.2) is 4.79 Å². The number of aryl methyl sites for hydroxylation is 2. The summed E-state index contributed by atoms with van der Waals surface area (Å²) in [5.74, 6) is -0.631. The molecule has 0 saturated carbocycles. The predicted octanol–water partition coefficient (Wildman–Crippen LogP) is 2.97. The number of ether oxygens (including phenoxy) is 1. The number of hydrogen-bond acceptors (Lipinski definition) is 4. The lowest BCUT2D eigenvalue weighted by Gasteiger charge is -2.04. The van der Waals surface area contributed by atoms with E-state index in [-0.39, 0.29) is 5.91 Å². The van der Waals surface area contributed by atoms with Crippen molar-refractivity contribution >= 4 is 23.2 Å². The molecule has 0 fully saturated rings. The van der Waals surface area contributed by atoms with E-state index in [2.05, 4.69) is 10.3 Å². The molecule has 0 radical (unpaired) electrons. The molecule has 0 bridgehead atoms. The number of carbonyl (C=O) groups excluding carboxylic acids is 2. The summed E-state index contributed by atoms with van der Waals surface area (Å²) in [7, 11) is 1.34. The van der Waals surface area contributed by atoms with Crippen molar-refractivity contribution in [2.24, 2.45) is 0 Å². The first-order valence-corrected chi connectivity index (χ1v) is 7.98. The fraction of sp³-hybridized carbons (Fsp3) is 0.375. The van der Waals surface area contributed by atoms with Crippen LogP contribution in [0.15, 0.2) is 11.4 Å². The molecule has 0 atom stereocenters. The van der Waals surface area contributed by atoms with Crippen LogP contribution in [0.4, 0.5) is 0 Å². The van der Waals surface area contributed by atoms with E-state index in [1.165, 1.54) is 7.11 Å². The van der Waals surface area contributed by atoms with Crippen molar-refractivity contribution in [2.45, 2.75) is 33.7 Å². The first kappa shape index (κ1) is 16.3. The molecule has 2 rings (SSSR count). The zero-order valence-electron chi connectivity index (χ0n) is 13.2. The lowest BCUT2D eigenvalue weighted by molar-refractivity contribution is 0.0599. The van der Waals surface area contributed by atoms with Gasteiger partial charge in [0, 0.05) is 10.6 Å². The van der Waals surface area contributed by atoms with Crippen LogP contribution >= 0.6 is 11.3 Å². The number of nitrogens with one attached hydrogen (secondary N) is 2. The molecule has 0 aliphatic heterocycles. The van der Waals surface area contributed by atoms with E-state index in [1.54, 1.807) is 18.3 Å². The Balaban J connectivity index is 2.21. The quantitative estimate of drug-likeness (QED) is 0.832. The molecule has 0 aromatic carbocycles. The van der Waals surface area contributed by atoms with Crippen LogP contribution in [-0.4, -0.2) is 24.0 Å². The molecule has 2 N–H and O–H groups in total. The minimum absolute atomic E-state index is 0.213. The third kappa shape index (κ3) is 3.06. The van der Waals surface area contributed by atoms with Gasteiger partial charge in [-0.2, -0.15) is 0 Å². The highest BCUT2D eigenvalue weighted by molar-refractivity contribution is 7.10. The summed E-state index contributed by atoms with van der Waals surface area (Å²) in [6.07, 6.45) is 0.628. The van der Waals surface area contributed by atoms with Gasteiger partial charge in [0.25, 0.3) is 5.91 Å². The van der Waals surface area contributed by atoms with Crippen LogP contribution in [-0.2, 0) is 17.7 Å². The summed E-state index contributed by atoms with van der Waals surface area (Å²) >= 11 is 1.61. The van der Waals surface area contributed by atoms with Crippen molar-refractivity contribution in [3.05, 3.63) is 44.4 Å². The first-order valence-electron chi connectivity index (χ1n) is 7.10. The number of rotatable bonds is 5. The number of amides is 1. The van der Waals surface area contributed by atoms with E-state index < -0.39 is 5.97 Å². The van der Waals surface area contributed by atoms with Crippen LogP contribution in [0.2, 0.25) is 0 Å². The average molecular weight is 320 g/mol. The third-order valence-corrected chi connectivity index (χ3v) is 4.70. The Hall–Kier alpha value is -2.08. The Kier molecular flexibility index (Phi) is 5.03. The third-order valence-electron chi connectivity index (χ3n) is 3.68. The molecule has 22 heavy (non-hydrogen) atoms. The summed E-state index contributed by atoms with van der Waals surface area (Å²) in [6, 6.07) is 2.02. The Bertz CT molecular complexity index is 700. The number of hydrogen-bond donors (Lipinski definition) is 2. The van der Waals surface area contributed by atoms with E-state index in [0.717, 1.165) is 16.1 Å². The van der Waals surface area contributed by atoms with Gasteiger partial charge in [-0.1, -0.05) is 6.92 Å². The second-order valence-electron chi connectivity index (χ2n) is 5.03. The highest BCUT2D eigenvalue weighted by Crippen LogP contribution is 2.21. The lowest BCUT2D eigenvalue weighted by Crippen LogP contribution is -2.23. The fourth-order valence-electron chi connectivity index (χ4n) is 2.36. The van der Waals surface area contributed by atoms with Crippen LogP contribution in [0.5, 0.6) is 0 Å². The molecule has 5 nitrogen and oxygen atoms in total. The summed E-state index contributed by atoms with van der Waals surface area (Å²) in [4.78, 5) is 28.4. The summed E-state index contributed by atoms with van der Waals surface area (Å²) in [5, 5.41) is 4.89. The molecule has 0 aliphatic carbocycles. The minimum atomic E-state index is -0.418. The number of carbonyl (C=O) groups is 2. The van der Waals surface area contributed by atoms with Crippen LogP contribution in [0.3, 0.4) is 0 Å². The number of methoxy groups -OCH3 is 1. The minimum Gasteiger partial charge on any atom is -0.465 e. The highest BCUT2D eigenvalue weighted by atomic mass is 32.1. The largest absolute Gasteiger partial charge is 0.465 e. The van der Waals surface area contributed by atoms with Gasteiger partial charge in [-0.15, -0.1) is 11.3 Å². The molecule has 0 aliphatic rings. The lowest BCUT2D eigenvalue weighted by atomic mass is 10.1. The smallest absolute Gasteiger partial charge is 0.339 e. The van der Waals surface area contributed by atoms with Crippen molar-refractivity contribution in [2.75, 3.05) is 7.11 Å². The van der Waals surface area contributed by atoms with Gasteiger partial charge >= 0.3 is 5.97 Å². The second-order valence-corrected chi connectivity index (χ2v) is 6.03. The van der Waals surface area contributed by atoms with Gasteiger partial charge in [-0.05, 0) is 42.8 Å². The maximum absolute atomic E-state index is 12.4. The number of esters is 1. The van der Waals surface area contributed by atoms with Crippen LogP contribution in [0.1, 0.15) is 49.5 Å². The molecule has 1 amide bonds. The summed E-state index contributed by atoms with van der Waals surface area (Å²) in [6.45, 7) is 6.18. The van der Waals surface area contributed by atoms with Gasteiger partial charge in [-0.3, -0.25) is 4.79 Å². The molecular weight excluding hydrogens is 300 g/mol. The zero-order valence-corrected chi connectivity index (χ0v) is 14.0. The van der Waals surface area contributed by atoms with Crippen LogP contribution < -0.4 is 5.32 Å². The maximum Gasteiger partial charge on any atom is 0.339 e. The number of thiophene rings is 1. The van der Waals surface area contributed by atoms with Gasteiger partial charge in [0.15, 0.2) is 0 Å². The normalized spacial score (nSPS) is 10.5. The van der Waals surface area contributed by atoms with E-state index in [9.17, 15) is 9.59 Å². The molecule has 2 aromatic rings. The average Bonchev–Trinajstić information content (AvgIpc) is 3.07. The van der Waals surface area contributed by atoms with Gasteiger partial charge in [0.1, 0.15) is 5.69 Å². The maximum atomic E-state index is 12.4. The second kappa shape index (κ2) is 6.79. The summed E-state index contributed by atoms with van der Waals surface area (Å²) in [5.41, 5.74) is 3.40.